The summed E-state index contributed by atoms with van der Waals surface area (Å²) in [6.07, 6.45) is 2.16. The van der Waals surface area contributed by atoms with Gasteiger partial charge in [0.05, 0.1) is 6.61 Å². The van der Waals surface area contributed by atoms with E-state index in [1.807, 2.05) is 13.1 Å². The van der Waals surface area contributed by atoms with Crippen molar-refractivity contribution in [2.45, 2.75) is 25.5 Å². The molecule has 5 nitrogen and oxygen atoms in total. The molecule has 0 spiro atoms. The van der Waals surface area contributed by atoms with Gasteiger partial charge in [-0.3, -0.25) is 4.79 Å². The van der Waals surface area contributed by atoms with Crippen molar-refractivity contribution in [3.8, 4) is 0 Å². The van der Waals surface area contributed by atoms with Crippen molar-refractivity contribution in [2.24, 2.45) is 0 Å². The van der Waals surface area contributed by atoms with Crippen LogP contribution in [0.4, 0.5) is 5.69 Å². The number of ether oxygens (including phenoxy) is 1. The number of morpholine rings is 1. The average Bonchev–Trinajstić information content (AvgIpc) is 3.10. The summed E-state index contributed by atoms with van der Waals surface area (Å²) >= 11 is 0. The maximum absolute atomic E-state index is 12.5. The van der Waals surface area contributed by atoms with Crippen LogP contribution in [0, 0.1) is 0 Å². The second-order valence-corrected chi connectivity index (χ2v) is 6.08. The number of likely N-dealkylation sites (N-methyl/N-ethyl adjacent to an activating group) is 1. The van der Waals surface area contributed by atoms with Gasteiger partial charge in [0, 0.05) is 45.5 Å². The lowest BCUT2D eigenvalue weighted by Gasteiger charge is -2.29. The van der Waals surface area contributed by atoms with Crippen LogP contribution in [0.15, 0.2) is 24.3 Å². The first-order valence-electron chi connectivity index (χ1n) is 8.16. The molecule has 3 rings (SSSR count). The Labute approximate surface area is 132 Å². The zero-order valence-corrected chi connectivity index (χ0v) is 13.3. The molecule has 1 amide bonds. The van der Waals surface area contributed by atoms with Crippen molar-refractivity contribution in [1.82, 2.24) is 10.2 Å². The maximum Gasteiger partial charge on any atom is 0.253 e. The molecular formula is C17H25N3O2. The third kappa shape index (κ3) is 3.42. The van der Waals surface area contributed by atoms with Gasteiger partial charge in [-0.1, -0.05) is 18.2 Å². The summed E-state index contributed by atoms with van der Waals surface area (Å²) in [6.45, 7) is 4.90. The van der Waals surface area contributed by atoms with Crippen LogP contribution in [0.3, 0.4) is 0 Å². The molecule has 2 aliphatic rings. The molecule has 0 aliphatic carbocycles. The predicted octanol–water partition coefficient (Wildman–Crippen LogP) is 1.23. The van der Waals surface area contributed by atoms with E-state index in [1.54, 1.807) is 4.90 Å². The van der Waals surface area contributed by atoms with Gasteiger partial charge in [-0.25, -0.2) is 0 Å². The summed E-state index contributed by atoms with van der Waals surface area (Å²) in [5, 5.41) is 3.21. The fourth-order valence-electron chi connectivity index (χ4n) is 3.21. The van der Waals surface area contributed by atoms with E-state index in [9.17, 15) is 4.79 Å². The molecule has 2 aliphatic heterocycles. The van der Waals surface area contributed by atoms with Gasteiger partial charge in [-0.05, 0) is 24.5 Å². The highest BCUT2D eigenvalue weighted by molar-refractivity contribution is 5.81. The third-order valence-corrected chi connectivity index (χ3v) is 4.43. The summed E-state index contributed by atoms with van der Waals surface area (Å²) in [5.74, 6) is 0.0587. The largest absolute Gasteiger partial charge is 0.371 e. The molecule has 22 heavy (non-hydrogen) atoms. The number of hydrogen-bond acceptors (Lipinski definition) is 4. The number of hydrogen-bond donors (Lipinski definition) is 1. The highest BCUT2D eigenvalue weighted by Gasteiger charge is 2.25. The predicted molar refractivity (Wildman–Crippen MR) is 87.0 cm³/mol. The second kappa shape index (κ2) is 7.11. The Hall–Kier alpha value is -1.59. The molecule has 0 saturated carbocycles. The fraction of sp³-hybridized carbons (Fsp3) is 0.588. The highest BCUT2D eigenvalue weighted by atomic mass is 16.5. The SMILES string of the molecule is CN(Cc1ccccc1N1CCCC1)C(=O)[C@H]1CNCCO1. The van der Waals surface area contributed by atoms with Crippen molar-refractivity contribution in [2.75, 3.05) is 44.7 Å². The lowest BCUT2D eigenvalue weighted by molar-refractivity contribution is -0.144. The first-order chi connectivity index (χ1) is 10.8. The zero-order chi connectivity index (χ0) is 15.4. The van der Waals surface area contributed by atoms with Gasteiger partial charge >= 0.3 is 0 Å². The second-order valence-electron chi connectivity index (χ2n) is 6.08. The Morgan fingerprint density at radius 1 is 1.36 bits per heavy atom. The number of carbonyl (C=O) groups is 1. The number of nitrogens with one attached hydrogen (secondary N) is 1. The number of anilines is 1. The van der Waals surface area contributed by atoms with Crippen LogP contribution in [0.1, 0.15) is 18.4 Å². The minimum atomic E-state index is -0.349. The molecular weight excluding hydrogens is 278 g/mol. The lowest BCUT2D eigenvalue weighted by atomic mass is 10.1. The van der Waals surface area contributed by atoms with E-state index in [4.69, 9.17) is 4.74 Å². The van der Waals surface area contributed by atoms with E-state index >= 15 is 0 Å². The number of rotatable bonds is 4. The van der Waals surface area contributed by atoms with Crippen molar-refractivity contribution in [1.29, 1.82) is 0 Å². The van der Waals surface area contributed by atoms with E-state index in [0.29, 0.717) is 19.7 Å². The third-order valence-electron chi connectivity index (χ3n) is 4.43. The van der Waals surface area contributed by atoms with E-state index in [1.165, 1.54) is 24.1 Å². The highest BCUT2D eigenvalue weighted by Crippen LogP contribution is 2.25. The number of nitrogens with zero attached hydrogens (tertiary/aromatic N) is 2. The van der Waals surface area contributed by atoms with Gasteiger partial charge in [0.1, 0.15) is 6.10 Å². The minimum absolute atomic E-state index is 0.0587. The number of amides is 1. The van der Waals surface area contributed by atoms with Crippen LogP contribution in [-0.2, 0) is 16.1 Å². The van der Waals surface area contributed by atoms with Crippen LogP contribution in [-0.4, -0.2) is 56.7 Å². The van der Waals surface area contributed by atoms with E-state index < -0.39 is 0 Å². The Balaban J connectivity index is 1.68. The molecule has 2 heterocycles. The van der Waals surface area contributed by atoms with Crippen molar-refractivity contribution >= 4 is 11.6 Å². The zero-order valence-electron chi connectivity index (χ0n) is 13.3. The Morgan fingerprint density at radius 2 is 2.14 bits per heavy atom. The smallest absolute Gasteiger partial charge is 0.253 e. The summed E-state index contributed by atoms with van der Waals surface area (Å²) in [4.78, 5) is 16.7. The van der Waals surface area contributed by atoms with Crippen LogP contribution in [0.25, 0.3) is 0 Å². The number of para-hydroxylation sites is 1. The maximum atomic E-state index is 12.5. The van der Waals surface area contributed by atoms with E-state index in [2.05, 4.69) is 28.4 Å². The van der Waals surface area contributed by atoms with Gasteiger partial charge in [0.25, 0.3) is 5.91 Å². The Morgan fingerprint density at radius 3 is 2.86 bits per heavy atom. The molecule has 5 heteroatoms. The first-order valence-corrected chi connectivity index (χ1v) is 8.16. The van der Waals surface area contributed by atoms with Crippen molar-refractivity contribution in [3.63, 3.8) is 0 Å². The average molecular weight is 303 g/mol. The monoisotopic (exact) mass is 303 g/mol. The molecule has 1 aromatic carbocycles. The molecule has 1 atom stereocenters. The molecule has 1 N–H and O–H groups in total. The summed E-state index contributed by atoms with van der Waals surface area (Å²) < 4.78 is 5.56. The van der Waals surface area contributed by atoms with E-state index in [0.717, 1.165) is 19.6 Å². The number of carbonyl (C=O) groups excluding carboxylic acids is 1. The molecule has 2 saturated heterocycles. The van der Waals surface area contributed by atoms with Crippen molar-refractivity contribution in [3.05, 3.63) is 29.8 Å². The Bertz CT molecular complexity index is 508. The molecule has 2 fully saturated rings. The van der Waals surface area contributed by atoms with Gasteiger partial charge < -0.3 is 19.9 Å². The van der Waals surface area contributed by atoms with Gasteiger partial charge in [0.2, 0.25) is 0 Å². The lowest BCUT2D eigenvalue weighted by Crippen LogP contribution is -2.48. The quantitative estimate of drug-likeness (QED) is 0.909. The topological polar surface area (TPSA) is 44.8 Å². The standard InChI is InChI=1S/C17H25N3O2/c1-19(17(21)16-12-18-8-11-22-16)13-14-6-2-3-7-15(14)20-9-4-5-10-20/h2-3,6-7,16,18H,4-5,8-13H2,1H3/t16-/m1/s1. The molecule has 1 aromatic rings. The van der Waals surface area contributed by atoms with Crippen molar-refractivity contribution < 1.29 is 9.53 Å². The molecule has 0 radical (unpaired) electrons. The van der Waals surface area contributed by atoms with Gasteiger partial charge in [-0.2, -0.15) is 0 Å². The van der Waals surface area contributed by atoms with Crippen LogP contribution < -0.4 is 10.2 Å². The van der Waals surface area contributed by atoms with E-state index in [-0.39, 0.29) is 12.0 Å². The Kier molecular flexibility index (Phi) is 4.95. The first kappa shape index (κ1) is 15.3. The molecule has 0 unspecified atom stereocenters. The molecule has 0 bridgehead atoms. The fourth-order valence-corrected chi connectivity index (χ4v) is 3.21. The normalized spacial score (nSPS) is 21.9. The minimum Gasteiger partial charge on any atom is -0.371 e. The van der Waals surface area contributed by atoms with Crippen LogP contribution >= 0.6 is 0 Å². The summed E-state index contributed by atoms with van der Waals surface area (Å²) in [6, 6.07) is 8.41. The molecule has 120 valence electrons. The summed E-state index contributed by atoms with van der Waals surface area (Å²) in [7, 11) is 1.86. The van der Waals surface area contributed by atoms with Gasteiger partial charge in [0.15, 0.2) is 0 Å². The summed E-state index contributed by atoms with van der Waals surface area (Å²) in [5.41, 5.74) is 2.48. The molecule has 0 aromatic heterocycles. The van der Waals surface area contributed by atoms with Crippen LogP contribution in [0.5, 0.6) is 0 Å². The van der Waals surface area contributed by atoms with Gasteiger partial charge in [-0.15, -0.1) is 0 Å². The van der Waals surface area contributed by atoms with Crippen LogP contribution in [0.2, 0.25) is 0 Å². The number of benzene rings is 1.